The van der Waals surface area contributed by atoms with E-state index in [9.17, 15) is 4.79 Å². The van der Waals surface area contributed by atoms with Crippen LogP contribution in [0, 0.1) is 10.8 Å². The number of allylic oxidation sites excluding steroid dienone is 3. The van der Waals surface area contributed by atoms with E-state index >= 15 is 0 Å². The van der Waals surface area contributed by atoms with E-state index < -0.39 is 0 Å². The van der Waals surface area contributed by atoms with E-state index in [1.54, 1.807) is 0 Å². The van der Waals surface area contributed by atoms with Crippen molar-refractivity contribution in [1.29, 1.82) is 0 Å². The topological polar surface area (TPSA) is 17.1 Å². The molecule has 116 valence electrons. The zero-order valence-corrected chi connectivity index (χ0v) is 14.5. The highest BCUT2D eigenvalue weighted by atomic mass is 16.1. The van der Waals surface area contributed by atoms with Crippen LogP contribution in [0.3, 0.4) is 0 Å². The second-order valence-corrected chi connectivity index (χ2v) is 6.70. The van der Waals surface area contributed by atoms with E-state index in [4.69, 9.17) is 0 Å². The molecule has 0 radical (unpaired) electrons. The molecule has 0 aliphatic heterocycles. The molecule has 0 aliphatic carbocycles. The van der Waals surface area contributed by atoms with Gasteiger partial charge in [0, 0.05) is 11.8 Å². The third kappa shape index (κ3) is 4.61. The second-order valence-electron chi connectivity index (χ2n) is 6.70. The van der Waals surface area contributed by atoms with Crippen LogP contribution in [0.25, 0.3) is 0 Å². The van der Waals surface area contributed by atoms with Crippen LogP contribution in [0.2, 0.25) is 0 Å². The molecule has 2 atom stereocenters. The van der Waals surface area contributed by atoms with Crippen molar-refractivity contribution < 1.29 is 4.79 Å². The maximum Gasteiger partial charge on any atom is 0.139 e. The molecule has 1 nitrogen and oxygen atoms in total. The Kier molecular flexibility index (Phi) is 8.08. The first kappa shape index (κ1) is 19.1. The molecule has 0 aromatic carbocycles. The SMILES string of the molecule is C=C[C@@](C)(CCC=C(C)C)[C@@](C)(CCC)C(=O)CCC. The molecule has 0 bridgehead atoms. The van der Waals surface area contributed by atoms with Crippen LogP contribution in [0.5, 0.6) is 0 Å². The summed E-state index contributed by atoms with van der Waals surface area (Å²) in [4.78, 5) is 12.7. The zero-order chi connectivity index (χ0) is 15.8. The van der Waals surface area contributed by atoms with Crippen LogP contribution in [0.15, 0.2) is 24.3 Å². The summed E-state index contributed by atoms with van der Waals surface area (Å²) in [6.07, 6.45) is 9.90. The fraction of sp³-hybridized carbons (Fsp3) is 0.737. The van der Waals surface area contributed by atoms with Crippen LogP contribution < -0.4 is 0 Å². The number of rotatable bonds is 10. The summed E-state index contributed by atoms with van der Waals surface area (Å²) < 4.78 is 0. The van der Waals surface area contributed by atoms with Gasteiger partial charge < -0.3 is 0 Å². The molecule has 0 aromatic rings. The summed E-state index contributed by atoms with van der Waals surface area (Å²) in [7, 11) is 0. The first-order valence-electron chi connectivity index (χ1n) is 8.07. The summed E-state index contributed by atoms with van der Waals surface area (Å²) in [5, 5.41) is 0. The predicted octanol–water partition coefficient (Wildman–Crippen LogP) is 6.10. The molecule has 20 heavy (non-hydrogen) atoms. The maximum absolute atomic E-state index is 12.7. The molecule has 1 heteroatoms. The third-order valence-electron chi connectivity index (χ3n) is 4.77. The lowest BCUT2D eigenvalue weighted by Gasteiger charge is -2.44. The molecule has 0 saturated carbocycles. The minimum absolute atomic E-state index is 0.124. The van der Waals surface area contributed by atoms with Crippen molar-refractivity contribution in [1.82, 2.24) is 0 Å². The Labute approximate surface area is 126 Å². The zero-order valence-electron chi connectivity index (χ0n) is 14.5. The van der Waals surface area contributed by atoms with E-state index in [-0.39, 0.29) is 10.8 Å². The Hall–Kier alpha value is -0.850. The Morgan fingerprint density at radius 1 is 1.10 bits per heavy atom. The number of Topliss-reactive ketones (excluding diaryl/α,β-unsaturated/α-hetero) is 1. The Balaban J connectivity index is 5.30. The van der Waals surface area contributed by atoms with Crippen LogP contribution >= 0.6 is 0 Å². The van der Waals surface area contributed by atoms with Crippen LogP contribution in [-0.4, -0.2) is 5.78 Å². The average Bonchev–Trinajstić information content (AvgIpc) is 2.38. The van der Waals surface area contributed by atoms with Crippen LogP contribution in [0.1, 0.15) is 80.1 Å². The molecule has 0 N–H and O–H groups in total. The van der Waals surface area contributed by atoms with Gasteiger partial charge in [0.05, 0.1) is 0 Å². The van der Waals surface area contributed by atoms with E-state index in [2.05, 4.69) is 54.2 Å². The van der Waals surface area contributed by atoms with Gasteiger partial charge in [0.25, 0.3) is 0 Å². The van der Waals surface area contributed by atoms with Gasteiger partial charge in [-0.2, -0.15) is 0 Å². The van der Waals surface area contributed by atoms with Crippen molar-refractivity contribution in [3.05, 3.63) is 24.3 Å². The lowest BCUT2D eigenvalue weighted by molar-refractivity contribution is -0.134. The van der Waals surface area contributed by atoms with Gasteiger partial charge in [0.1, 0.15) is 5.78 Å². The van der Waals surface area contributed by atoms with Gasteiger partial charge in [-0.1, -0.05) is 51.8 Å². The van der Waals surface area contributed by atoms with Crippen molar-refractivity contribution in [2.45, 2.75) is 80.1 Å². The van der Waals surface area contributed by atoms with E-state index in [0.29, 0.717) is 12.2 Å². The molecule has 0 fully saturated rings. The number of carbonyl (C=O) groups excluding carboxylic acids is 1. The van der Waals surface area contributed by atoms with Gasteiger partial charge in [-0.05, 0) is 44.9 Å². The Morgan fingerprint density at radius 3 is 2.10 bits per heavy atom. The molecular formula is C19H34O. The molecule has 0 spiro atoms. The number of hydrogen-bond acceptors (Lipinski definition) is 1. The highest BCUT2D eigenvalue weighted by Gasteiger charge is 2.45. The van der Waals surface area contributed by atoms with E-state index in [0.717, 1.165) is 32.1 Å². The van der Waals surface area contributed by atoms with Crippen molar-refractivity contribution >= 4 is 5.78 Å². The fourth-order valence-corrected chi connectivity index (χ4v) is 3.01. The molecule has 0 aromatic heterocycles. The Bertz CT molecular complexity index is 349. The smallest absolute Gasteiger partial charge is 0.139 e. The summed E-state index contributed by atoms with van der Waals surface area (Å²) in [5.74, 6) is 0.404. The average molecular weight is 278 g/mol. The van der Waals surface area contributed by atoms with Gasteiger partial charge in [-0.3, -0.25) is 4.79 Å². The first-order chi connectivity index (χ1) is 9.27. The minimum atomic E-state index is -0.283. The number of ketones is 1. The van der Waals surface area contributed by atoms with Crippen molar-refractivity contribution in [3.8, 4) is 0 Å². The maximum atomic E-state index is 12.7. The monoisotopic (exact) mass is 278 g/mol. The summed E-state index contributed by atoms with van der Waals surface area (Å²) in [6, 6.07) is 0. The summed E-state index contributed by atoms with van der Waals surface area (Å²) in [6.45, 7) is 16.9. The predicted molar refractivity (Wildman–Crippen MR) is 89.9 cm³/mol. The lowest BCUT2D eigenvalue weighted by atomic mass is 9.58. The minimum Gasteiger partial charge on any atom is -0.299 e. The summed E-state index contributed by atoms with van der Waals surface area (Å²) >= 11 is 0. The molecular weight excluding hydrogens is 244 g/mol. The third-order valence-corrected chi connectivity index (χ3v) is 4.77. The van der Waals surface area contributed by atoms with Gasteiger partial charge in [0.2, 0.25) is 0 Å². The van der Waals surface area contributed by atoms with Crippen molar-refractivity contribution in [2.75, 3.05) is 0 Å². The lowest BCUT2D eigenvalue weighted by Crippen LogP contribution is -2.42. The van der Waals surface area contributed by atoms with Crippen molar-refractivity contribution in [3.63, 3.8) is 0 Å². The van der Waals surface area contributed by atoms with Crippen LogP contribution in [0.4, 0.5) is 0 Å². The standard InChI is InChI=1S/C19H34O/c1-8-12-17(20)19(7,14-9-2)18(6,10-3)15-11-13-16(4)5/h10,13H,3,8-9,11-12,14-15H2,1-2,4-7H3/t18-,19-/m0/s1. The highest BCUT2D eigenvalue weighted by molar-refractivity contribution is 5.85. The van der Waals surface area contributed by atoms with Gasteiger partial charge in [0.15, 0.2) is 0 Å². The number of carbonyl (C=O) groups is 1. The van der Waals surface area contributed by atoms with Crippen LogP contribution in [-0.2, 0) is 4.79 Å². The van der Waals surface area contributed by atoms with Gasteiger partial charge in [-0.15, -0.1) is 6.58 Å². The number of hydrogen-bond donors (Lipinski definition) is 0. The summed E-state index contributed by atoms with van der Waals surface area (Å²) in [5.41, 5.74) is 0.935. The van der Waals surface area contributed by atoms with E-state index in [1.807, 2.05) is 6.08 Å². The molecule has 0 aliphatic rings. The molecule has 0 amide bonds. The highest BCUT2D eigenvalue weighted by Crippen LogP contribution is 2.48. The first-order valence-corrected chi connectivity index (χ1v) is 8.07. The fourth-order valence-electron chi connectivity index (χ4n) is 3.01. The molecule has 0 rings (SSSR count). The van der Waals surface area contributed by atoms with Gasteiger partial charge >= 0.3 is 0 Å². The van der Waals surface area contributed by atoms with Gasteiger partial charge in [-0.25, -0.2) is 0 Å². The van der Waals surface area contributed by atoms with Crippen molar-refractivity contribution in [2.24, 2.45) is 10.8 Å². The molecule has 0 saturated heterocycles. The Morgan fingerprint density at radius 2 is 1.70 bits per heavy atom. The normalized spacial score (nSPS) is 16.9. The quantitative estimate of drug-likeness (QED) is 0.441. The molecule has 0 heterocycles. The largest absolute Gasteiger partial charge is 0.299 e. The van der Waals surface area contributed by atoms with E-state index in [1.165, 1.54) is 5.57 Å². The second kappa shape index (κ2) is 8.44. The molecule has 0 unspecified atom stereocenters.